The van der Waals surface area contributed by atoms with E-state index in [1.54, 1.807) is 17.0 Å². The minimum Gasteiger partial charge on any atom is -0.352 e. The first-order chi connectivity index (χ1) is 14.1. The number of carbonyl (C=O) groups excluding carboxylic acids is 1. The Morgan fingerprint density at radius 1 is 0.966 bits per heavy atom. The van der Waals surface area contributed by atoms with E-state index >= 15 is 0 Å². The largest absolute Gasteiger partial charge is 0.352 e. The fourth-order valence-corrected chi connectivity index (χ4v) is 3.25. The van der Waals surface area contributed by atoms with Crippen molar-refractivity contribution in [2.75, 3.05) is 36.4 Å². The van der Waals surface area contributed by atoms with E-state index in [0.717, 1.165) is 17.3 Å². The molecule has 1 aliphatic rings. The molecule has 29 heavy (non-hydrogen) atoms. The molecule has 0 spiro atoms. The summed E-state index contributed by atoms with van der Waals surface area (Å²) in [5, 5.41) is 11.7. The number of pyridine rings is 1. The Morgan fingerprint density at radius 3 is 2.45 bits per heavy atom. The zero-order valence-electron chi connectivity index (χ0n) is 16.0. The van der Waals surface area contributed by atoms with Crippen LogP contribution >= 0.6 is 0 Å². The summed E-state index contributed by atoms with van der Waals surface area (Å²) in [4.78, 5) is 20.7. The highest BCUT2D eigenvalue weighted by atomic mass is 19.1. The maximum atomic E-state index is 13.4. The Hall–Kier alpha value is -3.55. The van der Waals surface area contributed by atoms with Crippen LogP contribution in [0.25, 0.3) is 0 Å². The first-order valence-corrected chi connectivity index (χ1v) is 9.43. The van der Waals surface area contributed by atoms with Crippen molar-refractivity contribution in [2.45, 2.75) is 6.92 Å². The molecule has 0 saturated carbocycles. The highest BCUT2D eigenvalue weighted by Gasteiger charge is 2.23. The summed E-state index contributed by atoms with van der Waals surface area (Å²) in [5.74, 6) is 1.54. The summed E-state index contributed by atoms with van der Waals surface area (Å²) in [6.45, 7) is 4.30. The number of nitrogens with one attached hydrogen (secondary N) is 1. The smallest absolute Gasteiger partial charge is 0.254 e. The van der Waals surface area contributed by atoms with Gasteiger partial charge in [0.05, 0.1) is 0 Å². The fraction of sp³-hybridized carbons (Fsp3) is 0.238. The number of benzene rings is 1. The Bertz CT molecular complexity index is 1000. The van der Waals surface area contributed by atoms with Crippen LogP contribution in [0, 0.1) is 12.7 Å². The number of piperazine rings is 1. The summed E-state index contributed by atoms with van der Waals surface area (Å²) in [6.07, 6.45) is 0. The van der Waals surface area contributed by atoms with Gasteiger partial charge in [0, 0.05) is 37.4 Å². The minimum atomic E-state index is -0.403. The second-order valence-electron chi connectivity index (χ2n) is 6.86. The minimum absolute atomic E-state index is 0.152. The molecule has 0 unspecified atom stereocenters. The molecule has 1 saturated heterocycles. The summed E-state index contributed by atoms with van der Waals surface area (Å²) in [5.41, 5.74) is 1.30. The number of halogens is 1. The SMILES string of the molecule is Cc1cccc(Nc2ccc(N3CCN(C(=O)c4cccc(F)c4)CC3)nn2)n1. The van der Waals surface area contributed by atoms with Gasteiger partial charge in [0.15, 0.2) is 11.6 Å². The molecule has 1 amide bonds. The van der Waals surface area contributed by atoms with Crippen LogP contribution in [-0.2, 0) is 0 Å². The Kier molecular flexibility index (Phi) is 5.33. The maximum absolute atomic E-state index is 13.4. The maximum Gasteiger partial charge on any atom is 0.254 e. The number of hydrogen-bond acceptors (Lipinski definition) is 6. The van der Waals surface area contributed by atoms with Crippen molar-refractivity contribution in [1.29, 1.82) is 0 Å². The molecule has 148 valence electrons. The molecule has 1 aliphatic heterocycles. The zero-order valence-corrected chi connectivity index (χ0v) is 16.0. The van der Waals surface area contributed by atoms with E-state index in [4.69, 9.17) is 0 Å². The van der Waals surface area contributed by atoms with E-state index in [9.17, 15) is 9.18 Å². The van der Waals surface area contributed by atoms with Crippen molar-refractivity contribution in [2.24, 2.45) is 0 Å². The van der Waals surface area contributed by atoms with Crippen LogP contribution in [0.4, 0.5) is 21.8 Å². The number of hydrogen-bond donors (Lipinski definition) is 1. The molecule has 3 heterocycles. The number of anilines is 3. The van der Waals surface area contributed by atoms with Crippen LogP contribution in [0.3, 0.4) is 0 Å². The number of aromatic nitrogens is 3. The van der Waals surface area contributed by atoms with Gasteiger partial charge in [-0.15, -0.1) is 10.2 Å². The molecular formula is C21H21FN6O. The molecule has 2 aromatic heterocycles. The highest BCUT2D eigenvalue weighted by Crippen LogP contribution is 2.18. The Balaban J connectivity index is 1.35. The number of carbonyl (C=O) groups is 1. The third kappa shape index (κ3) is 4.48. The number of rotatable bonds is 4. The normalized spacial score (nSPS) is 14.0. The molecule has 3 aromatic rings. The lowest BCUT2D eigenvalue weighted by atomic mass is 10.1. The average molecular weight is 392 g/mol. The van der Waals surface area contributed by atoms with E-state index in [2.05, 4.69) is 25.4 Å². The molecule has 1 fully saturated rings. The van der Waals surface area contributed by atoms with Gasteiger partial charge < -0.3 is 15.1 Å². The summed E-state index contributed by atoms with van der Waals surface area (Å²) >= 11 is 0. The van der Waals surface area contributed by atoms with Crippen LogP contribution < -0.4 is 10.2 Å². The van der Waals surface area contributed by atoms with Gasteiger partial charge in [-0.2, -0.15) is 0 Å². The lowest BCUT2D eigenvalue weighted by Gasteiger charge is -2.35. The van der Waals surface area contributed by atoms with E-state index in [-0.39, 0.29) is 5.91 Å². The third-order valence-corrected chi connectivity index (χ3v) is 4.76. The molecule has 0 radical (unpaired) electrons. The fourth-order valence-electron chi connectivity index (χ4n) is 3.25. The molecule has 8 heteroatoms. The van der Waals surface area contributed by atoms with Crippen LogP contribution in [0.1, 0.15) is 16.1 Å². The predicted molar refractivity (Wildman–Crippen MR) is 109 cm³/mol. The van der Waals surface area contributed by atoms with Crippen molar-refractivity contribution in [3.63, 3.8) is 0 Å². The molecule has 4 rings (SSSR count). The van der Waals surface area contributed by atoms with E-state index in [1.165, 1.54) is 12.1 Å². The molecular weight excluding hydrogens is 371 g/mol. The van der Waals surface area contributed by atoms with Gasteiger partial charge in [-0.3, -0.25) is 4.79 Å². The lowest BCUT2D eigenvalue weighted by molar-refractivity contribution is 0.0746. The first-order valence-electron chi connectivity index (χ1n) is 9.43. The van der Waals surface area contributed by atoms with Crippen molar-refractivity contribution < 1.29 is 9.18 Å². The van der Waals surface area contributed by atoms with Gasteiger partial charge >= 0.3 is 0 Å². The van der Waals surface area contributed by atoms with Gasteiger partial charge in [0.2, 0.25) is 0 Å². The monoisotopic (exact) mass is 392 g/mol. The van der Waals surface area contributed by atoms with Crippen LogP contribution in [0.2, 0.25) is 0 Å². The summed E-state index contributed by atoms with van der Waals surface area (Å²) in [7, 11) is 0. The first kappa shape index (κ1) is 18.8. The second-order valence-corrected chi connectivity index (χ2v) is 6.86. The lowest BCUT2D eigenvalue weighted by Crippen LogP contribution is -2.49. The highest BCUT2D eigenvalue weighted by molar-refractivity contribution is 5.94. The molecule has 0 bridgehead atoms. The third-order valence-electron chi connectivity index (χ3n) is 4.76. The zero-order chi connectivity index (χ0) is 20.2. The quantitative estimate of drug-likeness (QED) is 0.736. The van der Waals surface area contributed by atoms with Gasteiger partial charge in [-0.1, -0.05) is 12.1 Å². The summed E-state index contributed by atoms with van der Waals surface area (Å²) < 4.78 is 13.4. The van der Waals surface area contributed by atoms with Gasteiger partial charge in [0.25, 0.3) is 5.91 Å². The van der Waals surface area contributed by atoms with Crippen LogP contribution in [-0.4, -0.2) is 52.2 Å². The van der Waals surface area contributed by atoms with Gasteiger partial charge in [-0.25, -0.2) is 9.37 Å². The average Bonchev–Trinajstić information content (AvgIpc) is 2.74. The second kappa shape index (κ2) is 8.22. The van der Waals surface area contributed by atoms with E-state index in [0.29, 0.717) is 37.6 Å². The topological polar surface area (TPSA) is 74.2 Å². The van der Waals surface area contributed by atoms with Crippen molar-refractivity contribution in [3.8, 4) is 0 Å². The Morgan fingerprint density at radius 2 is 1.76 bits per heavy atom. The van der Waals surface area contributed by atoms with E-state index < -0.39 is 5.82 Å². The molecule has 0 aliphatic carbocycles. The van der Waals surface area contributed by atoms with Gasteiger partial charge in [-0.05, 0) is 49.4 Å². The number of amides is 1. The van der Waals surface area contributed by atoms with Crippen molar-refractivity contribution in [3.05, 3.63) is 71.7 Å². The summed E-state index contributed by atoms with van der Waals surface area (Å²) in [6, 6.07) is 15.3. The molecule has 0 atom stereocenters. The van der Waals surface area contributed by atoms with Gasteiger partial charge in [0.1, 0.15) is 11.6 Å². The van der Waals surface area contributed by atoms with Crippen molar-refractivity contribution >= 4 is 23.4 Å². The van der Waals surface area contributed by atoms with Crippen LogP contribution in [0.15, 0.2) is 54.6 Å². The predicted octanol–water partition coefficient (Wildman–Crippen LogP) is 3.03. The number of nitrogens with zero attached hydrogens (tertiary/aromatic N) is 5. The molecule has 1 N–H and O–H groups in total. The van der Waals surface area contributed by atoms with Crippen molar-refractivity contribution in [1.82, 2.24) is 20.1 Å². The standard InChI is InChI=1S/C21H21FN6O/c1-15-4-2-7-18(23-15)24-19-8-9-20(26-25-19)27-10-12-28(13-11-27)21(29)16-5-3-6-17(22)14-16/h2-9,14H,10-13H2,1H3,(H,23,24,25). The molecule has 1 aromatic carbocycles. The van der Waals surface area contributed by atoms with Crippen LogP contribution in [0.5, 0.6) is 0 Å². The molecule has 7 nitrogen and oxygen atoms in total. The number of aryl methyl sites for hydroxylation is 1. The Labute approximate surface area is 168 Å². The van der Waals surface area contributed by atoms with E-state index in [1.807, 2.05) is 37.3 Å².